The maximum absolute atomic E-state index is 11.8. The number of amides is 1. The molecular weight excluding hydrogens is 278 g/mol. The van der Waals surface area contributed by atoms with Gasteiger partial charge in [-0.05, 0) is 44.7 Å². The summed E-state index contributed by atoms with van der Waals surface area (Å²) in [5, 5.41) is 2.87. The molecule has 4 nitrogen and oxygen atoms in total. The fourth-order valence-corrected chi connectivity index (χ4v) is 2.53. The second kappa shape index (κ2) is 6.59. The van der Waals surface area contributed by atoms with Crippen molar-refractivity contribution in [3.63, 3.8) is 0 Å². The average Bonchev–Trinajstić information content (AvgIpc) is 2.31. The van der Waals surface area contributed by atoms with Gasteiger partial charge in [-0.15, -0.1) is 0 Å². The lowest BCUT2D eigenvalue weighted by Gasteiger charge is -2.25. The number of carbonyl (C=O) groups is 1. The lowest BCUT2D eigenvalue weighted by Crippen LogP contribution is -2.43. The molecular formula is C18H29NO3. The first kappa shape index (κ1) is 18.3. The van der Waals surface area contributed by atoms with Crippen LogP contribution in [0.15, 0.2) is 12.1 Å². The predicted molar refractivity (Wildman–Crippen MR) is 89.8 cm³/mol. The molecule has 1 aromatic carbocycles. The van der Waals surface area contributed by atoms with Crippen LogP contribution in [0.25, 0.3) is 0 Å². The Morgan fingerprint density at radius 1 is 1.14 bits per heavy atom. The van der Waals surface area contributed by atoms with Crippen molar-refractivity contribution < 1.29 is 14.3 Å². The van der Waals surface area contributed by atoms with Gasteiger partial charge in [-0.3, -0.25) is 4.79 Å². The normalized spacial score (nSPS) is 12.0. The van der Waals surface area contributed by atoms with Crippen LogP contribution < -0.4 is 14.8 Å². The summed E-state index contributed by atoms with van der Waals surface area (Å²) in [7, 11) is 1.65. The number of aryl methyl sites for hydroxylation is 1. The third-order valence-corrected chi connectivity index (χ3v) is 3.13. The van der Waals surface area contributed by atoms with Gasteiger partial charge in [0.1, 0.15) is 11.5 Å². The van der Waals surface area contributed by atoms with Gasteiger partial charge in [0.2, 0.25) is 0 Å². The van der Waals surface area contributed by atoms with Gasteiger partial charge in [-0.1, -0.05) is 20.8 Å². The van der Waals surface area contributed by atoms with Crippen molar-refractivity contribution in [2.24, 2.45) is 0 Å². The molecule has 0 atom stereocenters. The monoisotopic (exact) mass is 307 g/mol. The largest absolute Gasteiger partial charge is 0.496 e. The number of carbonyl (C=O) groups excluding carboxylic acids is 1. The molecule has 0 saturated carbocycles. The van der Waals surface area contributed by atoms with Gasteiger partial charge in [0.15, 0.2) is 6.61 Å². The summed E-state index contributed by atoms with van der Waals surface area (Å²) in [5.41, 5.74) is 1.97. The van der Waals surface area contributed by atoms with Gasteiger partial charge in [-0.2, -0.15) is 0 Å². The van der Waals surface area contributed by atoms with E-state index in [9.17, 15) is 4.79 Å². The molecule has 0 saturated heterocycles. The number of ether oxygens (including phenoxy) is 2. The van der Waals surface area contributed by atoms with E-state index >= 15 is 0 Å². The van der Waals surface area contributed by atoms with Crippen LogP contribution in [0.5, 0.6) is 11.5 Å². The molecule has 0 spiro atoms. The maximum Gasteiger partial charge on any atom is 0.258 e. The van der Waals surface area contributed by atoms with E-state index in [0.29, 0.717) is 5.75 Å². The highest BCUT2D eigenvalue weighted by Gasteiger charge is 2.22. The molecule has 1 aromatic rings. The molecule has 0 radical (unpaired) electrons. The molecule has 1 rings (SSSR count). The number of rotatable bonds is 4. The van der Waals surface area contributed by atoms with E-state index < -0.39 is 0 Å². The number of methoxy groups -OCH3 is 1. The van der Waals surface area contributed by atoms with Crippen molar-refractivity contribution in [2.45, 2.75) is 59.4 Å². The Kier molecular flexibility index (Phi) is 5.49. The second-order valence-electron chi connectivity index (χ2n) is 7.65. The second-order valence-corrected chi connectivity index (χ2v) is 7.65. The van der Waals surface area contributed by atoms with Crippen LogP contribution in [0.1, 0.15) is 52.7 Å². The minimum Gasteiger partial charge on any atom is -0.496 e. The zero-order valence-electron chi connectivity index (χ0n) is 15.1. The molecule has 1 amide bonds. The fraction of sp³-hybridized carbons (Fsp3) is 0.611. The van der Waals surface area contributed by atoms with Crippen LogP contribution in [0, 0.1) is 6.92 Å². The Morgan fingerprint density at radius 3 is 2.18 bits per heavy atom. The summed E-state index contributed by atoms with van der Waals surface area (Å²) >= 11 is 0. The maximum atomic E-state index is 11.8. The minimum atomic E-state index is -0.260. The van der Waals surface area contributed by atoms with Gasteiger partial charge >= 0.3 is 0 Å². The van der Waals surface area contributed by atoms with Gasteiger partial charge < -0.3 is 14.8 Å². The van der Waals surface area contributed by atoms with Crippen molar-refractivity contribution in [2.75, 3.05) is 13.7 Å². The van der Waals surface area contributed by atoms with Crippen molar-refractivity contribution in [1.82, 2.24) is 5.32 Å². The SMILES string of the molecule is COc1cc(OCC(=O)NC(C)(C)C)cc(C)c1C(C)(C)C. The van der Waals surface area contributed by atoms with Gasteiger partial charge in [-0.25, -0.2) is 0 Å². The molecule has 0 aliphatic rings. The molecule has 4 heteroatoms. The first-order chi connectivity index (χ1) is 9.94. The fourth-order valence-electron chi connectivity index (χ4n) is 2.53. The Morgan fingerprint density at radius 2 is 1.73 bits per heavy atom. The number of benzene rings is 1. The molecule has 0 heterocycles. The zero-order valence-corrected chi connectivity index (χ0v) is 15.1. The molecule has 0 aliphatic carbocycles. The molecule has 0 aliphatic heterocycles. The summed E-state index contributed by atoms with van der Waals surface area (Å²) in [6.07, 6.45) is 0. The molecule has 0 aromatic heterocycles. The van der Waals surface area contributed by atoms with E-state index in [1.54, 1.807) is 7.11 Å². The van der Waals surface area contributed by atoms with E-state index in [2.05, 4.69) is 26.1 Å². The number of hydrogen-bond acceptors (Lipinski definition) is 3. The highest BCUT2D eigenvalue weighted by Crippen LogP contribution is 2.37. The van der Waals surface area contributed by atoms with E-state index in [1.165, 1.54) is 0 Å². The summed E-state index contributed by atoms with van der Waals surface area (Å²) in [6, 6.07) is 3.80. The molecule has 1 N–H and O–H groups in total. The summed E-state index contributed by atoms with van der Waals surface area (Å²) in [4.78, 5) is 11.8. The Hall–Kier alpha value is -1.71. The van der Waals surface area contributed by atoms with Crippen molar-refractivity contribution in [3.8, 4) is 11.5 Å². The third-order valence-electron chi connectivity index (χ3n) is 3.13. The van der Waals surface area contributed by atoms with E-state index in [0.717, 1.165) is 16.9 Å². The highest BCUT2D eigenvalue weighted by atomic mass is 16.5. The third kappa shape index (κ3) is 5.24. The van der Waals surface area contributed by atoms with Crippen molar-refractivity contribution in [1.29, 1.82) is 0 Å². The average molecular weight is 307 g/mol. The van der Waals surface area contributed by atoms with Crippen LogP contribution in [0.2, 0.25) is 0 Å². The number of hydrogen-bond donors (Lipinski definition) is 1. The van der Waals surface area contributed by atoms with E-state index in [4.69, 9.17) is 9.47 Å². The highest BCUT2D eigenvalue weighted by molar-refractivity contribution is 5.78. The first-order valence-electron chi connectivity index (χ1n) is 7.57. The minimum absolute atomic E-state index is 0.00523. The molecule has 22 heavy (non-hydrogen) atoms. The van der Waals surface area contributed by atoms with Crippen molar-refractivity contribution >= 4 is 5.91 Å². The standard InChI is InChI=1S/C18H29NO3/c1-12-9-13(22-11-15(20)19-18(5,6)7)10-14(21-8)16(12)17(2,3)4/h9-10H,11H2,1-8H3,(H,19,20). The molecule has 0 fully saturated rings. The smallest absolute Gasteiger partial charge is 0.258 e. The quantitative estimate of drug-likeness (QED) is 0.924. The Balaban J connectivity index is 2.91. The van der Waals surface area contributed by atoms with Crippen LogP contribution in [-0.4, -0.2) is 25.2 Å². The summed E-state index contributed by atoms with van der Waals surface area (Å²) in [6.45, 7) is 14.3. The van der Waals surface area contributed by atoms with E-state index in [-0.39, 0.29) is 23.5 Å². The topological polar surface area (TPSA) is 47.6 Å². The lowest BCUT2D eigenvalue weighted by molar-refractivity contribution is -0.124. The van der Waals surface area contributed by atoms with Crippen LogP contribution in [-0.2, 0) is 10.2 Å². The molecule has 0 unspecified atom stereocenters. The van der Waals surface area contributed by atoms with Crippen LogP contribution in [0.3, 0.4) is 0 Å². The summed E-state index contributed by atoms with van der Waals surface area (Å²) < 4.78 is 11.1. The molecule has 124 valence electrons. The van der Waals surface area contributed by atoms with Crippen LogP contribution in [0.4, 0.5) is 0 Å². The Labute approximate surface area is 134 Å². The molecule has 0 bridgehead atoms. The lowest BCUT2D eigenvalue weighted by atomic mass is 9.83. The first-order valence-corrected chi connectivity index (χ1v) is 7.57. The van der Waals surface area contributed by atoms with Crippen LogP contribution >= 0.6 is 0 Å². The van der Waals surface area contributed by atoms with Gasteiger partial charge in [0.25, 0.3) is 5.91 Å². The zero-order chi connectivity index (χ0) is 17.1. The summed E-state index contributed by atoms with van der Waals surface area (Å²) in [5.74, 6) is 1.30. The predicted octanol–water partition coefficient (Wildman–Crippen LogP) is 3.59. The van der Waals surface area contributed by atoms with Gasteiger partial charge in [0, 0.05) is 17.2 Å². The Bertz CT molecular complexity index is 536. The number of nitrogens with one attached hydrogen (secondary N) is 1. The van der Waals surface area contributed by atoms with E-state index in [1.807, 2.05) is 39.8 Å². The van der Waals surface area contributed by atoms with Crippen molar-refractivity contribution in [3.05, 3.63) is 23.3 Å². The van der Waals surface area contributed by atoms with Gasteiger partial charge in [0.05, 0.1) is 7.11 Å².